The van der Waals surface area contributed by atoms with Gasteiger partial charge < -0.3 is 10.8 Å². The summed E-state index contributed by atoms with van der Waals surface area (Å²) in [6, 6.07) is 6.36. The number of carbonyl (C=O) groups is 1. The van der Waals surface area contributed by atoms with E-state index >= 15 is 0 Å². The van der Waals surface area contributed by atoms with Crippen LogP contribution in [0, 0.1) is 0 Å². The number of nitrogens with two attached hydrogens (primary N) is 1. The Labute approximate surface area is 167 Å². The largest absolute Gasteiger partial charge is 0.478 e. The van der Waals surface area contributed by atoms with Crippen LogP contribution >= 0.6 is 0 Å². The molecule has 0 aliphatic heterocycles. The van der Waals surface area contributed by atoms with Crippen LogP contribution in [0.4, 0.5) is 5.69 Å². The van der Waals surface area contributed by atoms with Gasteiger partial charge in [-0.25, -0.2) is 4.79 Å². The Morgan fingerprint density at radius 1 is 0.704 bits per heavy atom. The van der Waals surface area contributed by atoms with Gasteiger partial charge >= 0.3 is 5.97 Å². The molecular formula is C24H43NO2. The van der Waals surface area contributed by atoms with Gasteiger partial charge in [0.2, 0.25) is 0 Å². The molecule has 0 radical (unpaired) electrons. The normalized spacial score (nSPS) is 10.3. The van der Waals surface area contributed by atoms with Crippen molar-refractivity contribution in [3.8, 4) is 0 Å². The Kier molecular flexibility index (Phi) is 18.2. The van der Waals surface area contributed by atoms with Crippen LogP contribution in [-0.2, 0) is 0 Å². The van der Waals surface area contributed by atoms with Gasteiger partial charge in [-0.15, -0.1) is 0 Å². The number of hydrogen-bond acceptors (Lipinski definition) is 2. The van der Waals surface area contributed by atoms with E-state index in [4.69, 9.17) is 10.8 Å². The molecule has 0 amide bonds. The van der Waals surface area contributed by atoms with E-state index in [0.717, 1.165) is 0 Å². The average molecular weight is 378 g/mol. The fourth-order valence-electron chi connectivity index (χ4n) is 3.14. The summed E-state index contributed by atoms with van der Waals surface area (Å²) in [5.41, 5.74) is 5.80. The second-order valence-electron chi connectivity index (χ2n) is 7.49. The van der Waals surface area contributed by atoms with Crippen molar-refractivity contribution < 1.29 is 9.90 Å². The number of carboxylic acids is 1. The predicted octanol–water partition coefficient (Wildman–Crippen LogP) is 7.84. The van der Waals surface area contributed by atoms with E-state index < -0.39 is 5.97 Å². The van der Waals surface area contributed by atoms with Gasteiger partial charge in [0, 0.05) is 5.69 Å². The highest BCUT2D eigenvalue weighted by Gasteiger charge is 2.03. The lowest BCUT2D eigenvalue weighted by Crippen LogP contribution is -2.00. The number of nitrogen functional groups attached to an aromatic ring is 1. The molecule has 1 aromatic carbocycles. The molecule has 0 saturated carbocycles. The zero-order valence-corrected chi connectivity index (χ0v) is 17.8. The van der Waals surface area contributed by atoms with Crippen LogP contribution < -0.4 is 5.73 Å². The molecule has 0 bridgehead atoms. The molecule has 0 unspecified atom stereocenters. The summed E-state index contributed by atoms with van der Waals surface area (Å²) in [5.74, 6) is -0.988. The van der Waals surface area contributed by atoms with E-state index in [9.17, 15) is 4.79 Å². The Morgan fingerprint density at radius 3 is 1.30 bits per heavy atom. The Hall–Kier alpha value is -1.51. The lowest BCUT2D eigenvalue weighted by Gasteiger charge is -2.02. The first kappa shape index (κ1) is 25.5. The number of para-hydroxylation sites is 1. The summed E-state index contributed by atoms with van der Waals surface area (Å²) >= 11 is 0. The van der Waals surface area contributed by atoms with E-state index in [1.807, 2.05) is 0 Å². The fraction of sp³-hybridized carbons (Fsp3) is 0.708. The first-order valence-electron chi connectivity index (χ1n) is 11.2. The van der Waals surface area contributed by atoms with Gasteiger partial charge in [0.25, 0.3) is 0 Å². The quantitative estimate of drug-likeness (QED) is 0.241. The highest BCUT2D eigenvalue weighted by molar-refractivity contribution is 5.93. The molecule has 0 atom stereocenters. The first-order chi connectivity index (χ1) is 13.1. The number of carboxylic acid groups (broad SMARTS) is 1. The minimum atomic E-state index is -0.988. The van der Waals surface area contributed by atoms with Crippen molar-refractivity contribution in [3.05, 3.63) is 29.8 Å². The summed E-state index contributed by atoms with van der Waals surface area (Å²) in [7, 11) is 0. The molecule has 3 N–H and O–H groups in total. The molecule has 0 heterocycles. The van der Waals surface area contributed by atoms with E-state index in [-0.39, 0.29) is 5.56 Å². The molecule has 0 aliphatic carbocycles. The molecule has 3 nitrogen and oxygen atoms in total. The molecule has 156 valence electrons. The molecule has 0 fully saturated rings. The van der Waals surface area contributed by atoms with Crippen molar-refractivity contribution in [3.63, 3.8) is 0 Å². The maximum atomic E-state index is 10.3. The van der Waals surface area contributed by atoms with Crippen LogP contribution in [0.25, 0.3) is 0 Å². The summed E-state index contributed by atoms with van der Waals surface area (Å²) in [6.07, 6.45) is 21.9. The van der Waals surface area contributed by atoms with Crippen molar-refractivity contribution in [1.82, 2.24) is 0 Å². The fourth-order valence-corrected chi connectivity index (χ4v) is 3.14. The molecule has 0 aromatic heterocycles. The van der Waals surface area contributed by atoms with Gasteiger partial charge in [0.15, 0.2) is 0 Å². The molecule has 1 aromatic rings. The third-order valence-corrected chi connectivity index (χ3v) is 4.90. The second-order valence-corrected chi connectivity index (χ2v) is 7.49. The molecule has 0 saturated heterocycles. The van der Waals surface area contributed by atoms with Crippen LogP contribution in [0.5, 0.6) is 0 Å². The average Bonchev–Trinajstić information content (AvgIpc) is 2.66. The minimum Gasteiger partial charge on any atom is -0.478 e. The standard InChI is InChI=1S/C17H36.C7H7NO2/c1-3-5-7-9-11-13-15-17-16-14-12-10-8-6-4-2;8-6-4-2-1-3-5(6)7(9)10/h3-17H2,1-2H3;1-4H,8H2,(H,9,10). The maximum absolute atomic E-state index is 10.3. The first-order valence-corrected chi connectivity index (χ1v) is 11.2. The van der Waals surface area contributed by atoms with Crippen molar-refractivity contribution >= 4 is 11.7 Å². The predicted molar refractivity (Wildman–Crippen MR) is 118 cm³/mol. The number of aromatic carboxylic acids is 1. The molecule has 1 rings (SSSR count). The monoisotopic (exact) mass is 377 g/mol. The third kappa shape index (κ3) is 16.4. The Morgan fingerprint density at radius 2 is 1.04 bits per heavy atom. The summed E-state index contributed by atoms with van der Waals surface area (Å²) in [5, 5.41) is 8.49. The number of anilines is 1. The minimum absolute atomic E-state index is 0.155. The summed E-state index contributed by atoms with van der Waals surface area (Å²) in [6.45, 7) is 4.58. The number of rotatable bonds is 15. The molecule has 0 aliphatic rings. The Bertz CT molecular complexity index is 445. The number of hydrogen-bond donors (Lipinski definition) is 2. The van der Waals surface area contributed by atoms with Crippen molar-refractivity contribution in [1.29, 1.82) is 0 Å². The smallest absolute Gasteiger partial charge is 0.337 e. The summed E-state index contributed by atoms with van der Waals surface area (Å²) in [4.78, 5) is 10.3. The Balaban J connectivity index is 0.000000569. The van der Waals surface area contributed by atoms with Gasteiger partial charge in [0.1, 0.15) is 0 Å². The van der Waals surface area contributed by atoms with Gasteiger partial charge in [0.05, 0.1) is 5.56 Å². The lowest BCUT2D eigenvalue weighted by atomic mass is 10.0. The highest BCUT2D eigenvalue weighted by atomic mass is 16.4. The van der Waals surface area contributed by atoms with Crippen molar-refractivity contribution in [2.75, 3.05) is 5.73 Å². The van der Waals surface area contributed by atoms with E-state index in [1.54, 1.807) is 18.2 Å². The van der Waals surface area contributed by atoms with Crippen molar-refractivity contribution in [2.45, 2.75) is 110 Å². The van der Waals surface area contributed by atoms with E-state index in [0.29, 0.717) is 5.69 Å². The van der Waals surface area contributed by atoms with Gasteiger partial charge in [-0.05, 0) is 12.1 Å². The van der Waals surface area contributed by atoms with Crippen LogP contribution in [0.15, 0.2) is 24.3 Å². The number of unbranched alkanes of at least 4 members (excludes halogenated alkanes) is 14. The number of benzene rings is 1. The van der Waals surface area contributed by atoms with Crippen LogP contribution in [0.2, 0.25) is 0 Å². The molecule has 27 heavy (non-hydrogen) atoms. The maximum Gasteiger partial charge on any atom is 0.337 e. The third-order valence-electron chi connectivity index (χ3n) is 4.90. The highest BCUT2D eigenvalue weighted by Crippen LogP contribution is 2.13. The van der Waals surface area contributed by atoms with E-state index in [1.165, 1.54) is 102 Å². The van der Waals surface area contributed by atoms with Gasteiger partial charge in [-0.3, -0.25) is 0 Å². The topological polar surface area (TPSA) is 63.3 Å². The summed E-state index contributed by atoms with van der Waals surface area (Å²) < 4.78 is 0. The van der Waals surface area contributed by atoms with Crippen LogP contribution in [-0.4, -0.2) is 11.1 Å². The molecule has 0 spiro atoms. The zero-order valence-electron chi connectivity index (χ0n) is 17.8. The van der Waals surface area contributed by atoms with Crippen LogP contribution in [0.1, 0.15) is 121 Å². The van der Waals surface area contributed by atoms with E-state index in [2.05, 4.69) is 13.8 Å². The lowest BCUT2D eigenvalue weighted by molar-refractivity contribution is 0.0698. The SMILES string of the molecule is CCCCCCCCCCCCCCCCC.Nc1ccccc1C(=O)O. The van der Waals surface area contributed by atoms with Gasteiger partial charge in [-0.1, -0.05) is 122 Å². The van der Waals surface area contributed by atoms with Gasteiger partial charge in [-0.2, -0.15) is 0 Å². The molecular weight excluding hydrogens is 334 g/mol. The van der Waals surface area contributed by atoms with Crippen LogP contribution in [0.3, 0.4) is 0 Å². The van der Waals surface area contributed by atoms with Crippen molar-refractivity contribution in [2.24, 2.45) is 0 Å². The second kappa shape index (κ2) is 19.3. The molecule has 3 heteroatoms. The zero-order chi connectivity index (χ0) is 20.2.